The van der Waals surface area contributed by atoms with Gasteiger partial charge in [0.05, 0.1) is 37.3 Å². The smallest absolute Gasteiger partial charge is 0.317 e. The summed E-state index contributed by atoms with van der Waals surface area (Å²) in [7, 11) is 1.89. The van der Waals surface area contributed by atoms with Crippen LogP contribution in [0, 0.1) is 6.92 Å². The monoisotopic (exact) mass is 593 g/mol. The molecule has 6 rings (SSSR count). The molecule has 44 heavy (non-hydrogen) atoms. The van der Waals surface area contributed by atoms with Crippen LogP contribution in [0.5, 0.6) is 0 Å². The van der Waals surface area contributed by atoms with Crippen molar-refractivity contribution in [3.8, 4) is 0 Å². The van der Waals surface area contributed by atoms with Gasteiger partial charge in [0.2, 0.25) is 0 Å². The summed E-state index contributed by atoms with van der Waals surface area (Å²) in [6.45, 7) is 7.96. The van der Waals surface area contributed by atoms with Crippen LogP contribution in [-0.2, 0) is 31.5 Å². The molecule has 2 aliphatic heterocycles. The quantitative estimate of drug-likeness (QED) is 0.288. The van der Waals surface area contributed by atoms with Gasteiger partial charge in [-0.1, -0.05) is 48.5 Å². The highest BCUT2D eigenvalue weighted by Gasteiger charge is 2.27. The lowest BCUT2D eigenvalue weighted by molar-refractivity contribution is 0.0743. The van der Waals surface area contributed by atoms with Crippen LogP contribution in [0.25, 0.3) is 0 Å². The van der Waals surface area contributed by atoms with Crippen molar-refractivity contribution in [1.82, 2.24) is 24.9 Å². The first-order valence-corrected chi connectivity index (χ1v) is 15.1. The molecule has 0 aliphatic carbocycles. The lowest BCUT2D eigenvalue weighted by atomic mass is 10.0. The molecule has 0 saturated carbocycles. The summed E-state index contributed by atoms with van der Waals surface area (Å²) in [6.07, 6.45) is 1.80. The molecule has 1 saturated heterocycles. The van der Waals surface area contributed by atoms with E-state index in [0.717, 1.165) is 53.5 Å². The number of ether oxygens (including phenoxy) is 1. The molecule has 0 bridgehead atoms. The molecule has 10 heteroatoms. The van der Waals surface area contributed by atoms with Crippen molar-refractivity contribution < 1.29 is 14.3 Å². The number of para-hydroxylation sites is 2. The zero-order chi connectivity index (χ0) is 30.5. The largest absolute Gasteiger partial charge is 0.375 e. The fourth-order valence-corrected chi connectivity index (χ4v) is 5.74. The highest BCUT2D eigenvalue weighted by molar-refractivity contribution is 6.08. The van der Waals surface area contributed by atoms with Gasteiger partial charge in [0.25, 0.3) is 5.91 Å². The normalized spacial score (nSPS) is 14.8. The molecule has 0 unspecified atom stereocenters. The Bertz CT molecular complexity index is 1610. The second kappa shape index (κ2) is 13.3. The molecule has 228 valence electrons. The zero-order valence-corrected chi connectivity index (χ0v) is 25.3. The topological polar surface area (TPSA) is 95.0 Å². The number of benzene rings is 3. The maximum Gasteiger partial charge on any atom is 0.317 e. The van der Waals surface area contributed by atoms with Gasteiger partial charge in [-0.05, 0) is 47.9 Å². The van der Waals surface area contributed by atoms with Gasteiger partial charge < -0.3 is 25.2 Å². The third-order valence-corrected chi connectivity index (χ3v) is 8.38. The summed E-state index contributed by atoms with van der Waals surface area (Å²) >= 11 is 0. The van der Waals surface area contributed by atoms with E-state index in [4.69, 9.17) is 4.74 Å². The number of nitrogens with one attached hydrogen (secondary N) is 2. The minimum Gasteiger partial charge on any atom is -0.375 e. The number of carbonyl (C=O) groups excluding carboxylic acids is 2. The van der Waals surface area contributed by atoms with Crippen LogP contribution in [-0.4, -0.2) is 70.8 Å². The standard InChI is InChI=1S/C34H39N7O3/c1-25-20-27(33(42)41-23-29-22-36-38(2)32(29)37-30-10-6-7-11-31(30)41)12-13-28(25)21-35-34(43)40-16-14-39(15-17-40)18-19-44-24-26-8-4-3-5-9-26/h3-13,20,22,37H,14-19,21,23-24H2,1-2H3,(H,35,43). The number of carbonyl (C=O) groups is 2. The van der Waals surface area contributed by atoms with Gasteiger partial charge in [-0.25, -0.2) is 4.79 Å². The Balaban J connectivity index is 1.00. The van der Waals surface area contributed by atoms with Gasteiger partial charge in [-0.3, -0.25) is 14.4 Å². The molecule has 4 aromatic rings. The highest BCUT2D eigenvalue weighted by Crippen LogP contribution is 2.36. The molecule has 3 aromatic carbocycles. The van der Waals surface area contributed by atoms with Crippen molar-refractivity contribution in [2.24, 2.45) is 7.05 Å². The minimum absolute atomic E-state index is 0.0644. The molecular formula is C34H39N7O3. The predicted molar refractivity (Wildman–Crippen MR) is 171 cm³/mol. The van der Waals surface area contributed by atoms with Crippen LogP contribution in [0.4, 0.5) is 22.0 Å². The molecule has 3 amide bonds. The summed E-state index contributed by atoms with van der Waals surface area (Å²) in [4.78, 5) is 32.8. The third kappa shape index (κ3) is 6.61. The number of urea groups is 1. The molecule has 3 heterocycles. The Labute approximate surface area is 258 Å². The van der Waals surface area contributed by atoms with Crippen molar-refractivity contribution in [2.75, 3.05) is 49.5 Å². The molecule has 1 aromatic heterocycles. The first kappa shape index (κ1) is 29.4. The van der Waals surface area contributed by atoms with Gasteiger partial charge in [-0.15, -0.1) is 0 Å². The second-order valence-electron chi connectivity index (χ2n) is 11.3. The first-order valence-electron chi connectivity index (χ1n) is 15.1. The van der Waals surface area contributed by atoms with E-state index >= 15 is 0 Å². The first-order chi connectivity index (χ1) is 21.5. The molecule has 2 aliphatic rings. The third-order valence-electron chi connectivity index (χ3n) is 8.38. The molecule has 2 N–H and O–H groups in total. The molecule has 0 spiro atoms. The number of nitrogens with zero attached hydrogens (tertiary/aromatic N) is 5. The molecule has 0 radical (unpaired) electrons. The van der Waals surface area contributed by atoms with E-state index in [1.165, 1.54) is 5.56 Å². The zero-order valence-electron chi connectivity index (χ0n) is 25.3. The number of piperazine rings is 1. The van der Waals surface area contributed by atoms with Crippen molar-refractivity contribution in [2.45, 2.75) is 26.6 Å². The Hall–Kier alpha value is -4.67. The van der Waals surface area contributed by atoms with Crippen molar-refractivity contribution in [3.63, 3.8) is 0 Å². The summed E-state index contributed by atoms with van der Waals surface area (Å²) < 4.78 is 7.61. The lowest BCUT2D eigenvalue weighted by Gasteiger charge is -2.34. The van der Waals surface area contributed by atoms with Crippen LogP contribution in [0.1, 0.15) is 32.6 Å². The molecular weight excluding hydrogens is 554 g/mol. The number of fused-ring (bicyclic) bond motifs is 2. The van der Waals surface area contributed by atoms with Gasteiger partial charge in [0, 0.05) is 57.4 Å². The summed E-state index contributed by atoms with van der Waals surface area (Å²) in [5.74, 6) is 0.794. The van der Waals surface area contributed by atoms with Gasteiger partial charge in [0.1, 0.15) is 5.82 Å². The van der Waals surface area contributed by atoms with Crippen molar-refractivity contribution in [1.29, 1.82) is 0 Å². The number of rotatable bonds is 8. The molecule has 0 atom stereocenters. The Morgan fingerprint density at radius 2 is 1.75 bits per heavy atom. The van der Waals surface area contributed by atoms with E-state index in [1.807, 2.05) is 79.5 Å². The number of amides is 3. The maximum atomic E-state index is 13.8. The number of anilines is 3. The average molecular weight is 594 g/mol. The Morgan fingerprint density at radius 1 is 0.977 bits per heavy atom. The fourth-order valence-electron chi connectivity index (χ4n) is 5.74. The van der Waals surface area contributed by atoms with Crippen LogP contribution >= 0.6 is 0 Å². The average Bonchev–Trinajstić information content (AvgIpc) is 3.30. The second-order valence-corrected chi connectivity index (χ2v) is 11.3. The number of aromatic nitrogens is 2. The van der Waals surface area contributed by atoms with Crippen molar-refractivity contribution >= 4 is 29.1 Å². The summed E-state index contributed by atoms with van der Waals surface area (Å²) in [5, 5.41) is 10.9. The number of hydrogen-bond donors (Lipinski definition) is 2. The maximum absolute atomic E-state index is 13.8. The van der Waals surface area contributed by atoms with Gasteiger partial charge >= 0.3 is 6.03 Å². The fraction of sp³-hybridized carbons (Fsp3) is 0.324. The van der Waals surface area contributed by atoms with Crippen LogP contribution in [0.2, 0.25) is 0 Å². The van der Waals surface area contributed by atoms with Gasteiger partial charge in [-0.2, -0.15) is 5.10 Å². The van der Waals surface area contributed by atoms with Crippen LogP contribution < -0.4 is 15.5 Å². The SMILES string of the molecule is Cc1cc(C(=O)N2Cc3cnn(C)c3Nc3ccccc32)ccc1CNC(=O)N1CCN(CCOCc2ccccc2)CC1. The van der Waals surface area contributed by atoms with Crippen LogP contribution in [0.3, 0.4) is 0 Å². The lowest BCUT2D eigenvalue weighted by Crippen LogP contribution is -2.52. The van der Waals surface area contributed by atoms with E-state index in [-0.39, 0.29) is 11.9 Å². The van der Waals surface area contributed by atoms with E-state index < -0.39 is 0 Å². The predicted octanol–water partition coefficient (Wildman–Crippen LogP) is 4.68. The highest BCUT2D eigenvalue weighted by atomic mass is 16.5. The number of hydrogen-bond acceptors (Lipinski definition) is 6. The Kier molecular flexibility index (Phi) is 8.90. The Morgan fingerprint density at radius 3 is 2.55 bits per heavy atom. The number of aryl methyl sites for hydroxylation is 2. The molecule has 1 fully saturated rings. The van der Waals surface area contributed by atoms with Crippen LogP contribution in [0.15, 0.2) is 79.0 Å². The van der Waals surface area contributed by atoms with Gasteiger partial charge in [0.15, 0.2) is 0 Å². The summed E-state index contributed by atoms with van der Waals surface area (Å²) in [5.41, 5.74) is 6.35. The van der Waals surface area contributed by atoms with E-state index in [9.17, 15) is 9.59 Å². The molecule has 10 nitrogen and oxygen atoms in total. The van der Waals surface area contributed by atoms with E-state index in [0.29, 0.717) is 45.0 Å². The summed E-state index contributed by atoms with van der Waals surface area (Å²) in [6, 6.07) is 23.6. The van der Waals surface area contributed by atoms with E-state index in [2.05, 4.69) is 32.8 Å². The van der Waals surface area contributed by atoms with Crippen molar-refractivity contribution in [3.05, 3.63) is 107 Å². The van der Waals surface area contributed by atoms with E-state index in [1.54, 1.807) is 15.8 Å². The minimum atomic E-state index is -0.0852.